The molecule has 0 heterocycles. The maximum atomic E-state index is 12.8. The van der Waals surface area contributed by atoms with Crippen molar-refractivity contribution in [2.45, 2.75) is 355 Å². The minimum absolute atomic E-state index is 0.0621. The zero-order valence-electron chi connectivity index (χ0n) is 46.7. The highest BCUT2D eigenvalue weighted by atomic mass is 16.6. The van der Waals surface area contributed by atoms with Crippen LogP contribution in [0.15, 0.2) is 0 Å². The number of esters is 3. The van der Waals surface area contributed by atoms with Gasteiger partial charge in [0.05, 0.1) is 0 Å². The van der Waals surface area contributed by atoms with Gasteiger partial charge >= 0.3 is 17.9 Å². The van der Waals surface area contributed by atoms with Crippen LogP contribution < -0.4 is 0 Å². The molecule has 0 saturated carbocycles. The summed E-state index contributed by atoms with van der Waals surface area (Å²) in [5.74, 6) is 0.869. The summed E-state index contributed by atoms with van der Waals surface area (Å²) < 4.78 is 16.9. The van der Waals surface area contributed by atoms with Crippen molar-refractivity contribution < 1.29 is 28.6 Å². The lowest BCUT2D eigenvalue weighted by molar-refractivity contribution is -0.167. The minimum atomic E-state index is -0.762. The van der Waals surface area contributed by atoms with Crippen LogP contribution in [0.1, 0.15) is 349 Å². The van der Waals surface area contributed by atoms with Crippen LogP contribution in [0, 0.1) is 11.8 Å². The van der Waals surface area contributed by atoms with Crippen molar-refractivity contribution in [1.29, 1.82) is 0 Å². The first kappa shape index (κ1) is 66.4. The standard InChI is InChI=1S/C62H120O6/c1-6-7-8-9-10-11-12-27-34-39-44-49-54-62(65)68-59(56-67-61(64)53-48-43-38-33-29-24-20-19-22-26-31-36-41-46-51-58(4)5)55-66-60(63)52-47-42-37-32-28-23-18-16-14-13-15-17-21-25-30-35-40-45-50-57(2)3/h57-59H,6-56H2,1-5H3/t59-/m0/s1. The summed E-state index contributed by atoms with van der Waals surface area (Å²) in [6, 6.07) is 0. The van der Waals surface area contributed by atoms with E-state index in [-0.39, 0.29) is 31.1 Å². The van der Waals surface area contributed by atoms with Crippen molar-refractivity contribution in [2.75, 3.05) is 13.2 Å². The fourth-order valence-corrected chi connectivity index (χ4v) is 9.58. The normalized spacial score (nSPS) is 12.0. The van der Waals surface area contributed by atoms with Gasteiger partial charge in [-0.3, -0.25) is 14.4 Å². The summed E-state index contributed by atoms with van der Waals surface area (Å²) in [7, 11) is 0. The lowest BCUT2D eigenvalue weighted by Crippen LogP contribution is -2.30. The van der Waals surface area contributed by atoms with Crippen LogP contribution in [0.25, 0.3) is 0 Å². The van der Waals surface area contributed by atoms with Crippen LogP contribution in [0.4, 0.5) is 0 Å². The maximum Gasteiger partial charge on any atom is 0.306 e. The van der Waals surface area contributed by atoms with E-state index in [1.807, 2.05) is 0 Å². The second-order valence-corrected chi connectivity index (χ2v) is 22.3. The molecule has 0 aromatic rings. The molecule has 1 atom stereocenters. The maximum absolute atomic E-state index is 12.8. The van der Waals surface area contributed by atoms with Crippen molar-refractivity contribution in [3.05, 3.63) is 0 Å². The molecule has 68 heavy (non-hydrogen) atoms. The van der Waals surface area contributed by atoms with E-state index in [4.69, 9.17) is 14.2 Å². The van der Waals surface area contributed by atoms with Crippen molar-refractivity contribution in [3.8, 4) is 0 Å². The van der Waals surface area contributed by atoms with Gasteiger partial charge in [-0.2, -0.15) is 0 Å². The minimum Gasteiger partial charge on any atom is -0.462 e. The van der Waals surface area contributed by atoms with E-state index >= 15 is 0 Å². The third-order valence-electron chi connectivity index (χ3n) is 14.2. The molecular weight excluding hydrogens is 841 g/mol. The molecule has 0 aliphatic rings. The average Bonchev–Trinajstić information content (AvgIpc) is 3.31. The monoisotopic (exact) mass is 961 g/mol. The first-order valence-electron chi connectivity index (χ1n) is 30.7. The summed E-state index contributed by atoms with van der Waals surface area (Å²) in [5.41, 5.74) is 0. The molecule has 0 aromatic carbocycles. The van der Waals surface area contributed by atoms with Gasteiger partial charge in [0.1, 0.15) is 13.2 Å². The van der Waals surface area contributed by atoms with Crippen LogP contribution >= 0.6 is 0 Å². The van der Waals surface area contributed by atoms with E-state index < -0.39 is 6.10 Å². The summed E-state index contributed by atoms with van der Waals surface area (Å²) in [6.45, 7) is 11.4. The Kier molecular flexibility index (Phi) is 53.5. The third-order valence-corrected chi connectivity index (χ3v) is 14.2. The van der Waals surface area contributed by atoms with Gasteiger partial charge in [0.2, 0.25) is 0 Å². The number of ether oxygens (including phenoxy) is 3. The molecular formula is C62H120O6. The smallest absolute Gasteiger partial charge is 0.306 e. The fraction of sp³-hybridized carbons (Fsp3) is 0.952. The SMILES string of the molecule is CCCCCCCCCCCCCCC(=O)O[C@@H](COC(=O)CCCCCCCCCCCCCCCCCCCCC(C)C)COC(=O)CCCCCCCCCCCCCCCCC(C)C. The Bertz CT molecular complexity index is 1040. The van der Waals surface area contributed by atoms with E-state index in [0.717, 1.165) is 69.6 Å². The van der Waals surface area contributed by atoms with Crippen molar-refractivity contribution in [3.63, 3.8) is 0 Å². The highest BCUT2D eigenvalue weighted by Crippen LogP contribution is 2.19. The molecule has 0 bridgehead atoms. The number of unbranched alkanes of at least 4 members (excludes halogenated alkanes) is 41. The second-order valence-electron chi connectivity index (χ2n) is 22.3. The molecule has 404 valence electrons. The molecule has 0 N–H and O–H groups in total. The summed E-state index contributed by atoms with van der Waals surface area (Å²) >= 11 is 0. The first-order valence-corrected chi connectivity index (χ1v) is 30.7. The van der Waals surface area contributed by atoms with Gasteiger partial charge in [-0.15, -0.1) is 0 Å². The average molecular weight is 962 g/mol. The van der Waals surface area contributed by atoms with Gasteiger partial charge in [-0.25, -0.2) is 0 Å². The van der Waals surface area contributed by atoms with Crippen LogP contribution in [0.5, 0.6) is 0 Å². The summed E-state index contributed by atoms with van der Waals surface area (Å²) in [5, 5.41) is 0. The van der Waals surface area contributed by atoms with E-state index in [2.05, 4.69) is 34.6 Å². The van der Waals surface area contributed by atoms with Crippen LogP contribution in [-0.4, -0.2) is 37.2 Å². The Labute approximate surface area is 425 Å². The van der Waals surface area contributed by atoms with E-state index in [9.17, 15) is 14.4 Å². The number of carbonyl (C=O) groups excluding carboxylic acids is 3. The molecule has 0 saturated heterocycles. The van der Waals surface area contributed by atoms with Gasteiger partial charge in [0.15, 0.2) is 6.10 Å². The molecule has 0 aliphatic carbocycles. The molecule has 6 nitrogen and oxygen atoms in total. The van der Waals surface area contributed by atoms with Crippen molar-refractivity contribution >= 4 is 17.9 Å². The molecule has 0 amide bonds. The molecule has 0 radical (unpaired) electrons. The Morgan fingerprint density at radius 1 is 0.279 bits per heavy atom. The van der Waals surface area contributed by atoms with Gasteiger partial charge in [0, 0.05) is 19.3 Å². The largest absolute Gasteiger partial charge is 0.462 e. The van der Waals surface area contributed by atoms with Crippen LogP contribution in [-0.2, 0) is 28.6 Å². The van der Waals surface area contributed by atoms with Gasteiger partial charge < -0.3 is 14.2 Å². The molecule has 6 heteroatoms. The van der Waals surface area contributed by atoms with E-state index in [1.54, 1.807) is 0 Å². The summed E-state index contributed by atoms with van der Waals surface area (Å²) in [4.78, 5) is 38.2. The second kappa shape index (κ2) is 54.7. The van der Waals surface area contributed by atoms with Crippen molar-refractivity contribution in [2.24, 2.45) is 11.8 Å². The van der Waals surface area contributed by atoms with E-state index in [0.29, 0.717) is 19.3 Å². The van der Waals surface area contributed by atoms with Gasteiger partial charge in [-0.1, -0.05) is 311 Å². The third kappa shape index (κ3) is 55.3. The molecule has 0 unspecified atom stereocenters. The van der Waals surface area contributed by atoms with Crippen LogP contribution in [0.2, 0.25) is 0 Å². The Hall–Kier alpha value is -1.59. The Morgan fingerprint density at radius 3 is 0.721 bits per heavy atom. The quantitative estimate of drug-likeness (QED) is 0.0343. The van der Waals surface area contributed by atoms with Crippen LogP contribution in [0.3, 0.4) is 0 Å². The predicted molar refractivity (Wildman–Crippen MR) is 293 cm³/mol. The summed E-state index contributed by atoms with van der Waals surface area (Å²) in [6.07, 6.45) is 59.6. The van der Waals surface area contributed by atoms with Crippen molar-refractivity contribution in [1.82, 2.24) is 0 Å². The Balaban J connectivity index is 4.22. The zero-order chi connectivity index (χ0) is 49.6. The van der Waals surface area contributed by atoms with E-state index in [1.165, 1.54) is 238 Å². The molecule has 0 rings (SSSR count). The zero-order valence-corrected chi connectivity index (χ0v) is 46.7. The topological polar surface area (TPSA) is 78.9 Å². The molecule has 0 aromatic heterocycles. The molecule has 0 aliphatic heterocycles. The number of carbonyl (C=O) groups is 3. The number of rotatable bonds is 56. The lowest BCUT2D eigenvalue weighted by Gasteiger charge is -2.18. The highest BCUT2D eigenvalue weighted by molar-refractivity contribution is 5.71. The Morgan fingerprint density at radius 2 is 0.485 bits per heavy atom. The predicted octanol–water partition coefficient (Wildman–Crippen LogP) is 20.4. The highest BCUT2D eigenvalue weighted by Gasteiger charge is 2.19. The lowest BCUT2D eigenvalue weighted by atomic mass is 10.0. The first-order chi connectivity index (χ1) is 33.2. The van der Waals surface area contributed by atoms with Gasteiger partial charge in [0.25, 0.3) is 0 Å². The number of hydrogen-bond acceptors (Lipinski definition) is 6. The fourth-order valence-electron chi connectivity index (χ4n) is 9.58. The molecule has 0 spiro atoms. The molecule has 0 fully saturated rings. The van der Waals surface area contributed by atoms with Gasteiger partial charge in [-0.05, 0) is 31.1 Å². The number of hydrogen-bond donors (Lipinski definition) is 0.